The number of hydrogen-bond donors (Lipinski definition) is 0. The van der Waals surface area contributed by atoms with E-state index in [9.17, 15) is 0 Å². The third-order valence-corrected chi connectivity index (χ3v) is 5.40. The molecule has 2 aromatic carbocycles. The fourth-order valence-corrected chi connectivity index (χ4v) is 3.86. The fourth-order valence-electron chi connectivity index (χ4n) is 3.86. The molecule has 0 radical (unpaired) electrons. The van der Waals surface area contributed by atoms with Crippen LogP contribution in [0.1, 0.15) is 13.8 Å². The van der Waals surface area contributed by atoms with Crippen LogP contribution in [0, 0.1) is 0 Å². The van der Waals surface area contributed by atoms with Gasteiger partial charge >= 0.3 is 0 Å². The number of anilines is 1. The second-order valence-electron chi connectivity index (χ2n) is 7.14. The minimum absolute atomic E-state index is 0.728. The Morgan fingerprint density at radius 3 is 2.43 bits per heavy atom. The molecule has 0 amide bonds. The first-order chi connectivity index (χ1) is 14.8. The molecule has 0 unspecified atom stereocenters. The van der Waals surface area contributed by atoms with Crippen LogP contribution in [0.4, 0.5) is 11.4 Å². The third kappa shape index (κ3) is 3.18. The molecular weight excluding hydrogens is 372 g/mol. The lowest BCUT2D eigenvalue weighted by atomic mass is 10.0. The Morgan fingerprint density at radius 2 is 1.67 bits per heavy atom. The van der Waals surface area contributed by atoms with Crippen molar-refractivity contribution in [1.29, 1.82) is 0 Å². The molecule has 0 spiro atoms. The maximum atomic E-state index is 6.35. The summed E-state index contributed by atoms with van der Waals surface area (Å²) < 4.78 is 6.35. The van der Waals surface area contributed by atoms with Crippen molar-refractivity contribution in [2.75, 3.05) is 18.0 Å². The van der Waals surface area contributed by atoms with Crippen LogP contribution in [0.2, 0.25) is 0 Å². The molecule has 1 aromatic heterocycles. The monoisotopic (exact) mass is 394 g/mol. The minimum Gasteiger partial charge on any atom is -0.453 e. The second kappa shape index (κ2) is 7.59. The lowest BCUT2D eigenvalue weighted by molar-refractivity contribution is 0.613. The van der Waals surface area contributed by atoms with Gasteiger partial charge in [-0.1, -0.05) is 24.3 Å². The Morgan fingerprint density at radius 1 is 0.900 bits per heavy atom. The van der Waals surface area contributed by atoms with Gasteiger partial charge in [0.25, 0.3) is 0 Å². The zero-order valence-corrected chi connectivity index (χ0v) is 17.0. The van der Waals surface area contributed by atoms with Gasteiger partial charge in [0.05, 0.1) is 11.0 Å². The second-order valence-corrected chi connectivity index (χ2v) is 7.14. The first kappa shape index (κ1) is 18.3. The van der Waals surface area contributed by atoms with E-state index in [1.165, 1.54) is 0 Å². The summed E-state index contributed by atoms with van der Waals surface area (Å²) >= 11 is 0. The number of aromatic nitrogens is 2. The van der Waals surface area contributed by atoms with E-state index in [1.807, 2.05) is 36.4 Å². The van der Waals surface area contributed by atoms with E-state index < -0.39 is 0 Å². The molecular formula is C25H22N4O. The molecule has 0 N–H and O–H groups in total. The maximum absolute atomic E-state index is 6.35. The molecule has 148 valence electrons. The summed E-state index contributed by atoms with van der Waals surface area (Å²) in [5, 5.41) is 2.93. The summed E-state index contributed by atoms with van der Waals surface area (Å²) in [6, 6.07) is 20.2. The van der Waals surface area contributed by atoms with Crippen LogP contribution < -0.4 is 10.3 Å². The molecule has 0 bridgehead atoms. The lowest BCUT2D eigenvalue weighted by Gasteiger charge is -2.21. The summed E-state index contributed by atoms with van der Waals surface area (Å²) in [6.45, 7) is 6.20. The quantitative estimate of drug-likeness (QED) is 0.296. The van der Waals surface area contributed by atoms with E-state index in [-0.39, 0.29) is 0 Å². The number of hydrogen-bond acceptors (Lipinski definition) is 5. The number of nitrogens with zero attached hydrogens (tertiary/aromatic N) is 4. The molecule has 1 aliphatic carbocycles. The molecule has 2 aliphatic rings. The van der Waals surface area contributed by atoms with Gasteiger partial charge in [-0.05, 0) is 38.1 Å². The summed E-state index contributed by atoms with van der Waals surface area (Å²) in [6.07, 6.45) is 3.49. The zero-order valence-electron chi connectivity index (χ0n) is 17.0. The predicted octanol–water partition coefficient (Wildman–Crippen LogP) is 5.56. The zero-order chi connectivity index (χ0) is 20.5. The van der Waals surface area contributed by atoms with Gasteiger partial charge < -0.3 is 9.32 Å². The molecule has 1 aliphatic heterocycles. The van der Waals surface area contributed by atoms with Gasteiger partial charge in [-0.2, -0.15) is 0 Å². The van der Waals surface area contributed by atoms with Crippen molar-refractivity contribution in [2.45, 2.75) is 13.8 Å². The molecule has 30 heavy (non-hydrogen) atoms. The lowest BCUT2D eigenvalue weighted by Crippen LogP contribution is -2.21. The summed E-state index contributed by atoms with van der Waals surface area (Å²) in [4.78, 5) is 16.2. The average Bonchev–Trinajstić information content (AvgIpc) is 2.79. The van der Waals surface area contributed by atoms with Crippen LogP contribution in [0.25, 0.3) is 33.3 Å². The highest BCUT2D eigenvalue weighted by Gasteiger charge is 2.15. The van der Waals surface area contributed by atoms with E-state index in [0.717, 1.165) is 63.1 Å². The normalized spacial score (nSPS) is 12.1. The number of pyridine rings is 1. The summed E-state index contributed by atoms with van der Waals surface area (Å²) in [7, 11) is 0. The average molecular weight is 394 g/mol. The predicted molar refractivity (Wildman–Crippen MR) is 121 cm³/mol. The van der Waals surface area contributed by atoms with Crippen LogP contribution in [0.15, 0.2) is 82.5 Å². The molecule has 0 fully saturated rings. The molecule has 0 saturated heterocycles. The Labute approximate surface area is 174 Å². The molecule has 2 heterocycles. The highest BCUT2D eigenvalue weighted by Crippen LogP contribution is 2.31. The van der Waals surface area contributed by atoms with Crippen LogP contribution in [-0.2, 0) is 0 Å². The van der Waals surface area contributed by atoms with Crippen molar-refractivity contribution in [2.24, 2.45) is 4.99 Å². The SMILES string of the molecule is CCN(CC)c1ccc2nc3c4ccccc4/c(=N/c4ccncc4)cc-3oc2c1. The van der Waals surface area contributed by atoms with Gasteiger partial charge in [0.15, 0.2) is 11.3 Å². The summed E-state index contributed by atoms with van der Waals surface area (Å²) in [5.74, 6) is 0.728. The van der Waals surface area contributed by atoms with E-state index in [1.54, 1.807) is 12.4 Å². The van der Waals surface area contributed by atoms with Gasteiger partial charge in [-0.3, -0.25) is 4.98 Å². The van der Waals surface area contributed by atoms with Gasteiger partial charge in [0.1, 0.15) is 11.2 Å². The summed E-state index contributed by atoms with van der Waals surface area (Å²) in [5.41, 5.74) is 4.47. The Kier molecular flexibility index (Phi) is 4.64. The van der Waals surface area contributed by atoms with E-state index in [2.05, 4.69) is 48.0 Å². The van der Waals surface area contributed by atoms with Crippen LogP contribution in [0.3, 0.4) is 0 Å². The maximum Gasteiger partial charge on any atom is 0.155 e. The van der Waals surface area contributed by atoms with E-state index in [4.69, 9.17) is 14.4 Å². The fraction of sp³-hybridized carbons (Fsp3) is 0.160. The molecule has 5 nitrogen and oxygen atoms in total. The van der Waals surface area contributed by atoms with E-state index >= 15 is 0 Å². The smallest absolute Gasteiger partial charge is 0.155 e. The highest BCUT2D eigenvalue weighted by molar-refractivity contribution is 5.96. The molecule has 3 aromatic rings. The molecule has 0 atom stereocenters. The number of fused-ring (bicyclic) bond motifs is 4. The van der Waals surface area contributed by atoms with Crippen LogP contribution in [-0.4, -0.2) is 23.1 Å². The Bertz CT molecular complexity index is 1370. The topological polar surface area (TPSA) is 54.5 Å². The number of rotatable bonds is 4. The first-order valence-electron chi connectivity index (χ1n) is 10.2. The van der Waals surface area contributed by atoms with Crippen molar-refractivity contribution in [1.82, 2.24) is 9.97 Å². The van der Waals surface area contributed by atoms with Crippen molar-refractivity contribution in [3.05, 3.63) is 78.4 Å². The Hall–Kier alpha value is -3.73. The third-order valence-electron chi connectivity index (χ3n) is 5.40. The standard InChI is InChI=1S/C25H22N4O/c1-3-29(4-2)18-9-10-21-23(15-18)30-24-16-22(27-17-11-13-26-14-12-17)19-7-5-6-8-20(19)25(24)28-21/h5-16H,3-4H2,1-2H3/b27-22+. The highest BCUT2D eigenvalue weighted by atomic mass is 16.3. The first-order valence-corrected chi connectivity index (χ1v) is 10.2. The van der Waals surface area contributed by atoms with Gasteiger partial charge in [0.2, 0.25) is 0 Å². The molecule has 5 rings (SSSR count). The van der Waals surface area contributed by atoms with Crippen molar-refractivity contribution in [3.63, 3.8) is 0 Å². The number of benzene rings is 3. The van der Waals surface area contributed by atoms with Crippen molar-refractivity contribution >= 4 is 33.2 Å². The van der Waals surface area contributed by atoms with Gasteiger partial charge in [0, 0.05) is 54.1 Å². The molecule has 5 heteroatoms. The largest absolute Gasteiger partial charge is 0.453 e. The van der Waals surface area contributed by atoms with Crippen molar-refractivity contribution < 1.29 is 4.42 Å². The van der Waals surface area contributed by atoms with E-state index in [0.29, 0.717) is 0 Å². The molecule has 0 saturated carbocycles. The van der Waals surface area contributed by atoms with Gasteiger partial charge in [-0.25, -0.2) is 9.98 Å². The van der Waals surface area contributed by atoms with Crippen LogP contribution in [0.5, 0.6) is 0 Å². The Balaban J connectivity index is 1.80. The minimum atomic E-state index is 0.728. The van der Waals surface area contributed by atoms with Crippen molar-refractivity contribution in [3.8, 4) is 11.5 Å². The van der Waals surface area contributed by atoms with Gasteiger partial charge in [-0.15, -0.1) is 0 Å². The van der Waals surface area contributed by atoms with Crippen LogP contribution >= 0.6 is 0 Å².